The van der Waals surface area contributed by atoms with Crippen molar-refractivity contribution >= 4 is 5.69 Å². The molecule has 0 aromatic heterocycles. The zero-order valence-corrected chi connectivity index (χ0v) is 11.6. The molecule has 106 valence electrons. The summed E-state index contributed by atoms with van der Waals surface area (Å²) in [7, 11) is 0. The van der Waals surface area contributed by atoms with Crippen LogP contribution in [0.15, 0.2) is 18.2 Å². The van der Waals surface area contributed by atoms with Crippen LogP contribution in [0.2, 0.25) is 0 Å². The summed E-state index contributed by atoms with van der Waals surface area (Å²) in [5.74, 6) is -0.279. The van der Waals surface area contributed by atoms with Crippen LogP contribution < -0.4 is 4.90 Å². The number of nitrogens with zero attached hydrogens (tertiary/aromatic N) is 1. The number of para-hydroxylation sites is 1. The highest BCUT2D eigenvalue weighted by atomic mass is 19.1. The minimum atomic E-state index is -0.677. The van der Waals surface area contributed by atoms with E-state index in [4.69, 9.17) is 4.74 Å². The zero-order chi connectivity index (χ0) is 13.8. The minimum Gasteiger partial charge on any atom is -0.389 e. The van der Waals surface area contributed by atoms with Crippen molar-refractivity contribution in [3.05, 3.63) is 29.6 Å². The van der Waals surface area contributed by atoms with E-state index in [0.29, 0.717) is 24.3 Å². The number of benzene rings is 1. The predicted molar refractivity (Wildman–Crippen MR) is 73.9 cm³/mol. The summed E-state index contributed by atoms with van der Waals surface area (Å²) >= 11 is 0. The standard InChI is InChI=1S/C15H22FNO2/c1-3-17(10-12-6-5-9-19-12)15-13(11(2)18)7-4-8-14(15)16/h4,7-8,11-12,18H,3,5-6,9-10H2,1-2H3/t11-,12?/m1/s1. The van der Waals surface area contributed by atoms with Gasteiger partial charge in [-0.25, -0.2) is 4.39 Å². The smallest absolute Gasteiger partial charge is 0.146 e. The fourth-order valence-electron chi connectivity index (χ4n) is 2.62. The molecule has 1 unspecified atom stereocenters. The fraction of sp³-hybridized carbons (Fsp3) is 0.600. The Kier molecular flexibility index (Phi) is 4.77. The highest BCUT2D eigenvalue weighted by Crippen LogP contribution is 2.30. The Bertz CT molecular complexity index is 417. The number of hydrogen-bond donors (Lipinski definition) is 1. The lowest BCUT2D eigenvalue weighted by molar-refractivity contribution is 0.115. The normalized spacial score (nSPS) is 20.5. The van der Waals surface area contributed by atoms with Gasteiger partial charge in [0.2, 0.25) is 0 Å². The van der Waals surface area contributed by atoms with Gasteiger partial charge in [-0.3, -0.25) is 0 Å². The topological polar surface area (TPSA) is 32.7 Å². The second-order valence-corrected chi connectivity index (χ2v) is 5.03. The predicted octanol–water partition coefficient (Wildman–Crippen LogP) is 2.88. The second kappa shape index (κ2) is 6.35. The number of halogens is 1. The Labute approximate surface area is 114 Å². The SMILES string of the molecule is CCN(CC1CCCO1)c1c(F)cccc1[C@@H](C)O. The van der Waals surface area contributed by atoms with Gasteiger partial charge in [-0.15, -0.1) is 0 Å². The van der Waals surface area contributed by atoms with Crippen molar-refractivity contribution < 1.29 is 14.2 Å². The number of ether oxygens (including phenoxy) is 1. The van der Waals surface area contributed by atoms with Crippen molar-refractivity contribution in [1.82, 2.24) is 0 Å². The maximum absolute atomic E-state index is 14.1. The first-order valence-electron chi connectivity index (χ1n) is 6.96. The van der Waals surface area contributed by atoms with Gasteiger partial charge in [-0.05, 0) is 32.8 Å². The van der Waals surface area contributed by atoms with E-state index in [9.17, 15) is 9.50 Å². The summed E-state index contributed by atoms with van der Waals surface area (Å²) in [5.41, 5.74) is 1.15. The molecule has 0 aliphatic carbocycles. The van der Waals surface area contributed by atoms with E-state index in [1.165, 1.54) is 6.07 Å². The van der Waals surface area contributed by atoms with Gasteiger partial charge in [-0.1, -0.05) is 12.1 Å². The molecule has 0 amide bonds. The Balaban J connectivity index is 2.25. The summed E-state index contributed by atoms with van der Waals surface area (Å²) in [6.45, 7) is 5.83. The van der Waals surface area contributed by atoms with Gasteiger partial charge in [-0.2, -0.15) is 0 Å². The van der Waals surface area contributed by atoms with E-state index in [-0.39, 0.29) is 11.9 Å². The van der Waals surface area contributed by atoms with Crippen molar-refractivity contribution in [2.24, 2.45) is 0 Å². The van der Waals surface area contributed by atoms with Crippen LogP contribution >= 0.6 is 0 Å². The first-order valence-corrected chi connectivity index (χ1v) is 6.96. The molecule has 0 radical (unpaired) electrons. The Morgan fingerprint density at radius 1 is 1.53 bits per heavy atom. The van der Waals surface area contributed by atoms with E-state index in [2.05, 4.69) is 0 Å². The van der Waals surface area contributed by atoms with Crippen LogP contribution in [0.3, 0.4) is 0 Å². The van der Waals surface area contributed by atoms with Gasteiger partial charge >= 0.3 is 0 Å². The second-order valence-electron chi connectivity index (χ2n) is 5.03. The summed E-state index contributed by atoms with van der Waals surface area (Å²) in [4.78, 5) is 1.97. The van der Waals surface area contributed by atoms with Crippen molar-refractivity contribution in [1.29, 1.82) is 0 Å². The molecule has 0 bridgehead atoms. The molecule has 0 saturated carbocycles. The Hall–Kier alpha value is -1.13. The quantitative estimate of drug-likeness (QED) is 0.890. The number of hydrogen-bond acceptors (Lipinski definition) is 3. The van der Waals surface area contributed by atoms with Crippen molar-refractivity contribution in [2.75, 3.05) is 24.6 Å². The lowest BCUT2D eigenvalue weighted by Crippen LogP contribution is -2.33. The Morgan fingerprint density at radius 3 is 2.89 bits per heavy atom. The van der Waals surface area contributed by atoms with Gasteiger partial charge in [0.05, 0.1) is 17.9 Å². The monoisotopic (exact) mass is 267 g/mol. The minimum absolute atomic E-state index is 0.168. The highest BCUT2D eigenvalue weighted by molar-refractivity contribution is 5.55. The zero-order valence-electron chi connectivity index (χ0n) is 11.6. The fourth-order valence-corrected chi connectivity index (χ4v) is 2.62. The van der Waals surface area contributed by atoms with Crippen LogP contribution in [0.1, 0.15) is 38.4 Å². The molecular formula is C15H22FNO2. The average Bonchev–Trinajstić information content (AvgIpc) is 2.89. The molecule has 1 N–H and O–H groups in total. The molecule has 1 aromatic carbocycles. The summed E-state index contributed by atoms with van der Waals surface area (Å²) in [5, 5.41) is 9.81. The van der Waals surface area contributed by atoms with Crippen LogP contribution in [-0.2, 0) is 4.74 Å². The highest BCUT2D eigenvalue weighted by Gasteiger charge is 2.23. The number of likely N-dealkylation sites (N-methyl/N-ethyl adjacent to an activating group) is 1. The van der Waals surface area contributed by atoms with Gasteiger partial charge in [0, 0.05) is 25.3 Å². The molecule has 19 heavy (non-hydrogen) atoms. The lowest BCUT2D eigenvalue weighted by Gasteiger charge is -2.29. The maximum Gasteiger partial charge on any atom is 0.146 e. The van der Waals surface area contributed by atoms with E-state index < -0.39 is 6.10 Å². The van der Waals surface area contributed by atoms with E-state index in [1.807, 2.05) is 11.8 Å². The first-order chi connectivity index (χ1) is 9.13. The van der Waals surface area contributed by atoms with E-state index in [1.54, 1.807) is 19.1 Å². The molecule has 1 saturated heterocycles. The first kappa shape index (κ1) is 14.3. The van der Waals surface area contributed by atoms with Gasteiger partial charge < -0.3 is 14.7 Å². The number of anilines is 1. The molecule has 2 atom stereocenters. The summed E-state index contributed by atoms with van der Waals surface area (Å²) in [6.07, 6.45) is 1.59. The van der Waals surface area contributed by atoms with Crippen molar-refractivity contribution in [3.8, 4) is 0 Å². The van der Waals surface area contributed by atoms with Crippen molar-refractivity contribution in [2.45, 2.75) is 38.9 Å². The molecule has 4 heteroatoms. The van der Waals surface area contributed by atoms with Gasteiger partial charge in [0.1, 0.15) is 5.82 Å². The molecule has 1 aliphatic heterocycles. The largest absolute Gasteiger partial charge is 0.389 e. The maximum atomic E-state index is 14.1. The molecular weight excluding hydrogens is 245 g/mol. The molecule has 1 aromatic rings. The molecule has 2 rings (SSSR count). The lowest BCUT2D eigenvalue weighted by atomic mass is 10.1. The number of aliphatic hydroxyl groups is 1. The van der Waals surface area contributed by atoms with Gasteiger partial charge in [0.15, 0.2) is 0 Å². The van der Waals surface area contributed by atoms with Crippen LogP contribution in [0.4, 0.5) is 10.1 Å². The number of aliphatic hydroxyl groups excluding tert-OH is 1. The third kappa shape index (κ3) is 3.25. The summed E-state index contributed by atoms with van der Waals surface area (Å²) in [6, 6.07) is 4.86. The average molecular weight is 267 g/mol. The van der Waals surface area contributed by atoms with Crippen LogP contribution in [-0.4, -0.2) is 30.9 Å². The van der Waals surface area contributed by atoms with Gasteiger partial charge in [0.25, 0.3) is 0 Å². The third-order valence-electron chi connectivity index (χ3n) is 3.61. The molecule has 0 spiro atoms. The third-order valence-corrected chi connectivity index (χ3v) is 3.61. The van der Waals surface area contributed by atoms with E-state index >= 15 is 0 Å². The molecule has 1 aliphatic rings. The van der Waals surface area contributed by atoms with Crippen molar-refractivity contribution in [3.63, 3.8) is 0 Å². The molecule has 1 fully saturated rings. The van der Waals surface area contributed by atoms with Crippen LogP contribution in [0.25, 0.3) is 0 Å². The van der Waals surface area contributed by atoms with Crippen LogP contribution in [0.5, 0.6) is 0 Å². The van der Waals surface area contributed by atoms with E-state index in [0.717, 1.165) is 19.4 Å². The number of rotatable bonds is 5. The van der Waals surface area contributed by atoms with Crippen LogP contribution in [0, 0.1) is 5.82 Å². The molecule has 3 nitrogen and oxygen atoms in total. The summed E-state index contributed by atoms with van der Waals surface area (Å²) < 4.78 is 19.7. The molecule has 1 heterocycles. The Morgan fingerprint density at radius 2 is 2.32 bits per heavy atom.